The standard InChI is InChI=1S/C13H19NO/c1-10-7-13(14-8-10)12-5-3-11(4-6-12)9-15-2/h3-6,10,13-14H,7-9H2,1-2H3. The number of benzene rings is 1. The van der Waals surface area contributed by atoms with Crippen molar-refractivity contribution in [1.82, 2.24) is 5.32 Å². The maximum Gasteiger partial charge on any atom is 0.0713 e. The first-order valence-corrected chi connectivity index (χ1v) is 5.60. The van der Waals surface area contributed by atoms with Gasteiger partial charge in [0.25, 0.3) is 0 Å². The van der Waals surface area contributed by atoms with E-state index in [1.165, 1.54) is 17.5 Å². The molecule has 0 aliphatic carbocycles. The van der Waals surface area contributed by atoms with Crippen molar-refractivity contribution in [3.05, 3.63) is 35.4 Å². The van der Waals surface area contributed by atoms with E-state index in [9.17, 15) is 0 Å². The Bertz CT molecular complexity index is 307. The summed E-state index contributed by atoms with van der Waals surface area (Å²) in [6.07, 6.45) is 1.25. The Kier molecular flexibility index (Phi) is 3.39. The molecule has 2 atom stereocenters. The van der Waals surface area contributed by atoms with E-state index in [1.807, 2.05) is 0 Å². The first-order chi connectivity index (χ1) is 7.29. The van der Waals surface area contributed by atoms with Crippen molar-refractivity contribution >= 4 is 0 Å². The molecule has 2 heteroatoms. The van der Waals surface area contributed by atoms with Gasteiger partial charge in [-0.3, -0.25) is 0 Å². The summed E-state index contributed by atoms with van der Waals surface area (Å²) < 4.78 is 5.09. The molecule has 1 aromatic carbocycles. The lowest BCUT2D eigenvalue weighted by Crippen LogP contribution is -2.13. The van der Waals surface area contributed by atoms with Crippen molar-refractivity contribution < 1.29 is 4.74 Å². The topological polar surface area (TPSA) is 21.3 Å². The third-order valence-electron chi connectivity index (χ3n) is 3.04. The second kappa shape index (κ2) is 4.77. The molecule has 1 aliphatic heterocycles. The highest BCUT2D eigenvalue weighted by Gasteiger charge is 2.21. The molecule has 0 saturated carbocycles. The Hall–Kier alpha value is -0.860. The Balaban J connectivity index is 2.03. The fourth-order valence-electron chi connectivity index (χ4n) is 2.18. The quantitative estimate of drug-likeness (QED) is 0.818. The van der Waals surface area contributed by atoms with Gasteiger partial charge < -0.3 is 10.1 Å². The molecule has 1 heterocycles. The van der Waals surface area contributed by atoms with Crippen LogP contribution in [0.1, 0.15) is 30.5 Å². The van der Waals surface area contributed by atoms with Crippen LogP contribution in [0.5, 0.6) is 0 Å². The predicted molar refractivity (Wildman–Crippen MR) is 61.7 cm³/mol. The molecule has 15 heavy (non-hydrogen) atoms. The molecule has 0 spiro atoms. The van der Waals surface area contributed by atoms with Crippen LogP contribution in [0.2, 0.25) is 0 Å². The van der Waals surface area contributed by atoms with E-state index in [0.717, 1.165) is 12.5 Å². The van der Waals surface area contributed by atoms with Gasteiger partial charge in [-0.05, 0) is 30.0 Å². The molecular weight excluding hydrogens is 186 g/mol. The summed E-state index contributed by atoms with van der Waals surface area (Å²) in [6, 6.07) is 9.29. The molecule has 1 N–H and O–H groups in total. The Morgan fingerprint density at radius 1 is 1.33 bits per heavy atom. The van der Waals surface area contributed by atoms with Crippen molar-refractivity contribution in [3.8, 4) is 0 Å². The lowest BCUT2D eigenvalue weighted by molar-refractivity contribution is 0.185. The van der Waals surface area contributed by atoms with Crippen molar-refractivity contribution in [2.75, 3.05) is 13.7 Å². The third kappa shape index (κ3) is 2.58. The third-order valence-corrected chi connectivity index (χ3v) is 3.04. The lowest BCUT2D eigenvalue weighted by atomic mass is 10.0. The number of hydrogen-bond donors (Lipinski definition) is 1. The maximum atomic E-state index is 5.09. The van der Waals surface area contributed by atoms with Gasteiger partial charge in [0.05, 0.1) is 6.61 Å². The van der Waals surface area contributed by atoms with Gasteiger partial charge in [-0.25, -0.2) is 0 Å². The molecule has 2 unspecified atom stereocenters. The van der Waals surface area contributed by atoms with E-state index in [-0.39, 0.29) is 0 Å². The highest BCUT2D eigenvalue weighted by Crippen LogP contribution is 2.26. The van der Waals surface area contributed by atoms with E-state index in [4.69, 9.17) is 4.74 Å². The van der Waals surface area contributed by atoms with Crippen molar-refractivity contribution in [2.45, 2.75) is 26.0 Å². The number of methoxy groups -OCH3 is 1. The average Bonchev–Trinajstić information content (AvgIpc) is 2.67. The smallest absolute Gasteiger partial charge is 0.0713 e. The van der Waals surface area contributed by atoms with Crippen LogP contribution in [0.25, 0.3) is 0 Å². The molecule has 2 nitrogen and oxygen atoms in total. The van der Waals surface area contributed by atoms with Gasteiger partial charge in [0.1, 0.15) is 0 Å². The monoisotopic (exact) mass is 205 g/mol. The summed E-state index contributed by atoms with van der Waals surface area (Å²) in [5, 5.41) is 3.54. The summed E-state index contributed by atoms with van der Waals surface area (Å²) in [4.78, 5) is 0. The Morgan fingerprint density at radius 2 is 2.07 bits per heavy atom. The molecule has 1 aliphatic rings. The summed E-state index contributed by atoms with van der Waals surface area (Å²) in [6.45, 7) is 4.14. The Labute approximate surface area is 91.6 Å². The van der Waals surface area contributed by atoms with Gasteiger partial charge in [0.2, 0.25) is 0 Å². The van der Waals surface area contributed by atoms with Crippen LogP contribution >= 0.6 is 0 Å². The van der Waals surface area contributed by atoms with Crippen LogP contribution in [0.3, 0.4) is 0 Å². The molecule has 1 fully saturated rings. The zero-order valence-electron chi connectivity index (χ0n) is 9.49. The zero-order valence-corrected chi connectivity index (χ0v) is 9.49. The van der Waals surface area contributed by atoms with Crippen LogP contribution in [-0.4, -0.2) is 13.7 Å². The van der Waals surface area contributed by atoms with E-state index in [2.05, 4.69) is 36.5 Å². The fourth-order valence-corrected chi connectivity index (χ4v) is 2.18. The minimum absolute atomic E-state index is 0.552. The normalized spacial score (nSPS) is 25.7. The van der Waals surface area contributed by atoms with Gasteiger partial charge in [-0.15, -0.1) is 0 Å². The molecular formula is C13H19NO. The second-order valence-corrected chi connectivity index (χ2v) is 4.48. The lowest BCUT2D eigenvalue weighted by Gasteiger charge is -2.11. The molecule has 0 amide bonds. The largest absolute Gasteiger partial charge is 0.380 e. The zero-order chi connectivity index (χ0) is 10.7. The van der Waals surface area contributed by atoms with Gasteiger partial charge in [0, 0.05) is 13.2 Å². The SMILES string of the molecule is COCc1ccc(C2CC(C)CN2)cc1. The van der Waals surface area contributed by atoms with E-state index >= 15 is 0 Å². The summed E-state index contributed by atoms with van der Waals surface area (Å²) >= 11 is 0. The first-order valence-electron chi connectivity index (χ1n) is 5.60. The second-order valence-electron chi connectivity index (χ2n) is 4.48. The average molecular weight is 205 g/mol. The van der Waals surface area contributed by atoms with Crippen molar-refractivity contribution in [3.63, 3.8) is 0 Å². The van der Waals surface area contributed by atoms with E-state index < -0.39 is 0 Å². The summed E-state index contributed by atoms with van der Waals surface area (Å²) in [5.41, 5.74) is 2.64. The van der Waals surface area contributed by atoms with Crippen molar-refractivity contribution in [2.24, 2.45) is 5.92 Å². The van der Waals surface area contributed by atoms with Gasteiger partial charge in [-0.1, -0.05) is 31.2 Å². The first kappa shape index (κ1) is 10.7. The molecule has 1 saturated heterocycles. The maximum absolute atomic E-state index is 5.09. The van der Waals surface area contributed by atoms with Gasteiger partial charge in [0.15, 0.2) is 0 Å². The fraction of sp³-hybridized carbons (Fsp3) is 0.538. The molecule has 2 rings (SSSR count). The van der Waals surface area contributed by atoms with E-state index in [1.54, 1.807) is 7.11 Å². The van der Waals surface area contributed by atoms with Gasteiger partial charge >= 0.3 is 0 Å². The number of hydrogen-bond acceptors (Lipinski definition) is 2. The molecule has 0 aromatic heterocycles. The van der Waals surface area contributed by atoms with Crippen LogP contribution in [-0.2, 0) is 11.3 Å². The minimum atomic E-state index is 0.552. The summed E-state index contributed by atoms with van der Waals surface area (Å²) in [7, 11) is 1.73. The van der Waals surface area contributed by atoms with Crippen LogP contribution in [0, 0.1) is 5.92 Å². The van der Waals surface area contributed by atoms with Crippen molar-refractivity contribution in [1.29, 1.82) is 0 Å². The molecule has 0 bridgehead atoms. The molecule has 0 radical (unpaired) electrons. The molecule has 82 valence electrons. The summed E-state index contributed by atoms with van der Waals surface area (Å²) in [5.74, 6) is 0.800. The Morgan fingerprint density at radius 3 is 2.60 bits per heavy atom. The highest BCUT2D eigenvalue weighted by molar-refractivity contribution is 5.25. The van der Waals surface area contributed by atoms with Crippen LogP contribution in [0.15, 0.2) is 24.3 Å². The number of rotatable bonds is 3. The van der Waals surface area contributed by atoms with Gasteiger partial charge in [-0.2, -0.15) is 0 Å². The predicted octanol–water partition coefficient (Wildman–Crippen LogP) is 2.50. The number of ether oxygens (including phenoxy) is 1. The van der Waals surface area contributed by atoms with E-state index in [0.29, 0.717) is 12.6 Å². The number of nitrogens with one attached hydrogen (secondary N) is 1. The highest BCUT2D eigenvalue weighted by atomic mass is 16.5. The van der Waals surface area contributed by atoms with Crippen LogP contribution in [0.4, 0.5) is 0 Å². The molecule has 1 aromatic rings. The van der Waals surface area contributed by atoms with Crippen LogP contribution < -0.4 is 5.32 Å². The minimum Gasteiger partial charge on any atom is -0.380 e.